The number of likely N-dealkylation sites (N-methyl/N-ethyl adjacent to an activating group) is 1. The Morgan fingerprint density at radius 3 is 2.06 bits per heavy atom. The number of carboxylic acid groups (broad SMARTS) is 1. The lowest BCUT2D eigenvalue weighted by molar-refractivity contribution is -0.141. The van der Waals surface area contributed by atoms with Crippen LogP contribution in [0.15, 0.2) is 0 Å². The molecule has 0 heterocycles. The molecule has 0 aromatic carbocycles. The average molecular weight is 246 g/mol. The van der Waals surface area contributed by atoms with Gasteiger partial charge in [-0.1, -0.05) is 20.8 Å². The third kappa shape index (κ3) is 7.31. The lowest BCUT2D eigenvalue weighted by atomic mass is 10.1. The summed E-state index contributed by atoms with van der Waals surface area (Å²) in [6, 6.07) is 0. The highest BCUT2D eigenvalue weighted by atomic mass is 16.4. The molecule has 17 heavy (non-hydrogen) atoms. The van der Waals surface area contributed by atoms with Crippen molar-refractivity contribution in [2.75, 3.05) is 45.9 Å². The van der Waals surface area contributed by atoms with E-state index >= 15 is 0 Å². The Kier molecular flexibility index (Phi) is 9.03. The Morgan fingerprint density at radius 1 is 1.12 bits per heavy atom. The minimum Gasteiger partial charge on any atom is -0.481 e. The van der Waals surface area contributed by atoms with Crippen LogP contribution >= 0.6 is 0 Å². The van der Waals surface area contributed by atoms with Gasteiger partial charge in [-0.15, -0.1) is 0 Å². The Morgan fingerprint density at radius 2 is 1.65 bits per heavy atom. The molecular weight excluding hydrogens is 220 g/mol. The van der Waals surface area contributed by atoms with E-state index in [1.54, 1.807) is 6.92 Å². The fourth-order valence-corrected chi connectivity index (χ4v) is 1.72. The molecule has 5 heteroatoms. The molecule has 0 spiro atoms. The molecule has 0 aromatic heterocycles. The zero-order chi connectivity index (χ0) is 13.3. The second kappa shape index (κ2) is 9.39. The van der Waals surface area contributed by atoms with E-state index in [0.717, 1.165) is 26.2 Å². The fraction of sp³-hybridized carbons (Fsp3) is 0.917. The Labute approximate surface area is 104 Å². The highest BCUT2D eigenvalue weighted by Gasteiger charge is 2.16. The van der Waals surface area contributed by atoms with Crippen molar-refractivity contribution in [2.24, 2.45) is 5.92 Å². The highest BCUT2D eigenvalue weighted by Crippen LogP contribution is 2.01. The van der Waals surface area contributed by atoms with Gasteiger partial charge in [0.2, 0.25) is 0 Å². The van der Waals surface area contributed by atoms with Crippen LogP contribution in [0.2, 0.25) is 0 Å². The van der Waals surface area contributed by atoms with Gasteiger partial charge >= 0.3 is 5.97 Å². The topological polar surface area (TPSA) is 64.0 Å². The summed E-state index contributed by atoms with van der Waals surface area (Å²) in [4.78, 5) is 15.1. The van der Waals surface area contributed by atoms with Crippen molar-refractivity contribution in [3.05, 3.63) is 0 Å². The van der Waals surface area contributed by atoms with Gasteiger partial charge in [0, 0.05) is 26.2 Å². The highest BCUT2D eigenvalue weighted by molar-refractivity contribution is 5.69. The van der Waals surface area contributed by atoms with Crippen LogP contribution in [0.5, 0.6) is 0 Å². The number of carbonyl (C=O) groups is 1. The molecular formula is C12H26N2O3. The third-order valence-corrected chi connectivity index (χ3v) is 3.00. The molecule has 0 saturated carbocycles. The summed E-state index contributed by atoms with van der Waals surface area (Å²) in [5.74, 6) is -1.17. The van der Waals surface area contributed by atoms with Crippen LogP contribution < -0.4 is 0 Å². The first-order valence-corrected chi connectivity index (χ1v) is 6.33. The van der Waals surface area contributed by atoms with Crippen LogP contribution in [-0.2, 0) is 4.79 Å². The Hall–Kier alpha value is -0.650. The molecule has 1 unspecified atom stereocenters. The number of aliphatic hydroxyl groups is 1. The number of carboxylic acids is 1. The van der Waals surface area contributed by atoms with Crippen molar-refractivity contribution >= 4 is 5.97 Å². The Bertz CT molecular complexity index is 208. The second-order valence-electron chi connectivity index (χ2n) is 4.29. The molecule has 0 rings (SSSR count). The second-order valence-corrected chi connectivity index (χ2v) is 4.29. The first-order chi connectivity index (χ1) is 8.04. The van der Waals surface area contributed by atoms with Crippen molar-refractivity contribution < 1.29 is 15.0 Å². The molecule has 102 valence electrons. The quantitative estimate of drug-likeness (QED) is 0.582. The maximum absolute atomic E-state index is 10.8. The molecule has 1 atom stereocenters. The largest absolute Gasteiger partial charge is 0.481 e. The van der Waals surface area contributed by atoms with Crippen LogP contribution in [0.3, 0.4) is 0 Å². The molecule has 2 N–H and O–H groups in total. The first-order valence-electron chi connectivity index (χ1n) is 6.33. The van der Waals surface area contributed by atoms with Gasteiger partial charge in [-0.3, -0.25) is 9.69 Å². The predicted molar refractivity (Wildman–Crippen MR) is 68.1 cm³/mol. The average Bonchev–Trinajstić information content (AvgIpc) is 2.30. The molecule has 5 nitrogen and oxygen atoms in total. The van der Waals surface area contributed by atoms with Crippen molar-refractivity contribution in [1.82, 2.24) is 9.80 Å². The van der Waals surface area contributed by atoms with E-state index in [2.05, 4.69) is 18.7 Å². The summed E-state index contributed by atoms with van der Waals surface area (Å²) in [7, 11) is 0. The van der Waals surface area contributed by atoms with E-state index in [1.807, 2.05) is 4.90 Å². The first kappa shape index (κ1) is 16.4. The van der Waals surface area contributed by atoms with E-state index < -0.39 is 11.9 Å². The number of rotatable bonds is 10. The summed E-state index contributed by atoms with van der Waals surface area (Å²) in [5.41, 5.74) is 0. The van der Waals surface area contributed by atoms with Crippen LogP contribution in [0, 0.1) is 5.92 Å². The predicted octanol–water partition coefficient (Wildman–Crippen LogP) is 0.343. The SMILES string of the molecule is CCN(CC)CCN(CCO)CC(C)C(=O)O. The number of hydrogen-bond acceptors (Lipinski definition) is 4. The minimum absolute atomic E-state index is 0.0740. The maximum atomic E-state index is 10.8. The number of hydrogen-bond donors (Lipinski definition) is 2. The lowest BCUT2D eigenvalue weighted by Crippen LogP contribution is -2.39. The number of aliphatic carboxylic acids is 1. The summed E-state index contributed by atoms with van der Waals surface area (Å²) >= 11 is 0. The monoisotopic (exact) mass is 246 g/mol. The molecule has 0 aliphatic carbocycles. The normalized spacial score (nSPS) is 13.3. The maximum Gasteiger partial charge on any atom is 0.307 e. The summed E-state index contributed by atoms with van der Waals surface area (Å²) in [6.45, 7) is 10.7. The standard InChI is InChI=1S/C12H26N2O3/c1-4-13(5-2)6-7-14(8-9-15)10-11(3)12(16)17/h11,15H,4-10H2,1-3H3,(H,16,17). The van der Waals surface area contributed by atoms with Crippen molar-refractivity contribution in [2.45, 2.75) is 20.8 Å². The zero-order valence-electron chi connectivity index (χ0n) is 11.2. The van der Waals surface area contributed by atoms with Crippen LogP contribution in [0.25, 0.3) is 0 Å². The van der Waals surface area contributed by atoms with Gasteiger partial charge in [0.15, 0.2) is 0 Å². The van der Waals surface area contributed by atoms with Crippen molar-refractivity contribution in [1.29, 1.82) is 0 Å². The summed E-state index contributed by atoms with van der Waals surface area (Å²) in [6.07, 6.45) is 0. The third-order valence-electron chi connectivity index (χ3n) is 3.00. The van der Waals surface area contributed by atoms with E-state index in [9.17, 15) is 4.79 Å². The van der Waals surface area contributed by atoms with Crippen LogP contribution in [-0.4, -0.2) is 71.9 Å². The summed E-state index contributed by atoms with van der Waals surface area (Å²) in [5, 5.41) is 17.8. The molecule has 0 saturated heterocycles. The van der Waals surface area contributed by atoms with Gasteiger partial charge in [0.1, 0.15) is 0 Å². The van der Waals surface area contributed by atoms with E-state index in [4.69, 9.17) is 10.2 Å². The van der Waals surface area contributed by atoms with Gasteiger partial charge in [-0.2, -0.15) is 0 Å². The summed E-state index contributed by atoms with van der Waals surface area (Å²) < 4.78 is 0. The molecule has 0 radical (unpaired) electrons. The smallest absolute Gasteiger partial charge is 0.307 e. The molecule has 0 bridgehead atoms. The van der Waals surface area contributed by atoms with Gasteiger partial charge < -0.3 is 15.1 Å². The molecule has 0 amide bonds. The van der Waals surface area contributed by atoms with Gasteiger partial charge in [-0.25, -0.2) is 0 Å². The van der Waals surface area contributed by atoms with Gasteiger partial charge in [-0.05, 0) is 13.1 Å². The molecule has 0 aliphatic heterocycles. The minimum atomic E-state index is -0.782. The van der Waals surface area contributed by atoms with Gasteiger partial charge in [0.25, 0.3) is 0 Å². The molecule has 0 aromatic rings. The molecule has 0 aliphatic rings. The van der Waals surface area contributed by atoms with E-state index in [1.165, 1.54) is 0 Å². The van der Waals surface area contributed by atoms with Crippen molar-refractivity contribution in [3.8, 4) is 0 Å². The van der Waals surface area contributed by atoms with Crippen LogP contribution in [0.4, 0.5) is 0 Å². The van der Waals surface area contributed by atoms with E-state index in [0.29, 0.717) is 13.1 Å². The van der Waals surface area contributed by atoms with Crippen molar-refractivity contribution in [3.63, 3.8) is 0 Å². The van der Waals surface area contributed by atoms with Gasteiger partial charge in [0.05, 0.1) is 12.5 Å². The fourth-order valence-electron chi connectivity index (χ4n) is 1.72. The molecule has 0 fully saturated rings. The van der Waals surface area contributed by atoms with Crippen LogP contribution in [0.1, 0.15) is 20.8 Å². The van der Waals surface area contributed by atoms with E-state index in [-0.39, 0.29) is 6.61 Å². The number of aliphatic hydroxyl groups excluding tert-OH is 1. The zero-order valence-corrected chi connectivity index (χ0v) is 11.2. The Balaban J connectivity index is 4.09. The lowest BCUT2D eigenvalue weighted by Gasteiger charge is -2.26. The number of nitrogens with zero attached hydrogens (tertiary/aromatic N) is 2.